The first-order chi connectivity index (χ1) is 8.77. The van der Waals surface area contributed by atoms with Crippen LogP contribution in [0, 0.1) is 16.7 Å². The van der Waals surface area contributed by atoms with Gasteiger partial charge in [-0.25, -0.2) is 9.59 Å². The maximum Gasteiger partial charge on any atom is 0.410 e. The number of likely N-dealkylation sites (tertiary alicyclic amines) is 1. The van der Waals surface area contributed by atoms with E-state index < -0.39 is 42.1 Å². The van der Waals surface area contributed by atoms with Crippen LogP contribution in [0.2, 0.25) is 0 Å². The summed E-state index contributed by atoms with van der Waals surface area (Å²) < 4.78 is 0. The van der Waals surface area contributed by atoms with Gasteiger partial charge in [0.2, 0.25) is 0 Å². The number of carboxylic acid groups (broad SMARTS) is 3. The van der Waals surface area contributed by atoms with Gasteiger partial charge in [0.15, 0.2) is 0 Å². The molecule has 19 heavy (non-hydrogen) atoms. The maximum absolute atomic E-state index is 11.3. The van der Waals surface area contributed by atoms with Crippen LogP contribution in [-0.2, 0) is 9.59 Å². The highest BCUT2D eigenvalue weighted by molar-refractivity contribution is 5.85. The molecule has 3 unspecified atom stereocenters. The molecule has 1 rings (SSSR count). The number of aliphatic carboxylic acids is 2. The molecule has 9 heteroatoms. The Bertz CT molecular complexity index is 457. The van der Waals surface area contributed by atoms with Crippen molar-refractivity contribution >= 4 is 18.0 Å². The van der Waals surface area contributed by atoms with Gasteiger partial charge >= 0.3 is 18.0 Å². The highest BCUT2D eigenvalue weighted by Gasteiger charge is 2.60. The van der Waals surface area contributed by atoms with E-state index in [1.54, 1.807) is 6.07 Å². The molecule has 9 nitrogen and oxygen atoms in total. The quantitative estimate of drug-likeness (QED) is 0.533. The molecule has 0 spiro atoms. The molecule has 1 fully saturated rings. The Morgan fingerprint density at radius 2 is 1.89 bits per heavy atom. The summed E-state index contributed by atoms with van der Waals surface area (Å²) in [5, 5.41) is 45.3. The summed E-state index contributed by atoms with van der Waals surface area (Å²) >= 11 is 0. The lowest BCUT2D eigenvalue weighted by Gasteiger charge is -2.28. The van der Waals surface area contributed by atoms with Crippen molar-refractivity contribution in [3.05, 3.63) is 0 Å². The average Bonchev–Trinajstić information content (AvgIpc) is 2.61. The van der Waals surface area contributed by atoms with E-state index in [4.69, 9.17) is 15.5 Å². The molecule has 3 atom stereocenters. The van der Waals surface area contributed by atoms with Crippen LogP contribution < -0.4 is 0 Å². The smallest absolute Gasteiger partial charge is 0.410 e. The normalized spacial score (nSPS) is 29.8. The van der Waals surface area contributed by atoms with Crippen molar-refractivity contribution in [1.82, 2.24) is 4.90 Å². The highest BCUT2D eigenvalue weighted by atomic mass is 16.4. The van der Waals surface area contributed by atoms with Crippen LogP contribution >= 0.6 is 0 Å². The van der Waals surface area contributed by atoms with Crippen molar-refractivity contribution in [2.75, 3.05) is 0 Å². The monoisotopic (exact) mass is 272 g/mol. The second-order valence-corrected chi connectivity index (χ2v) is 4.24. The number of amides is 1. The minimum Gasteiger partial charge on any atom is -0.481 e. The zero-order valence-corrected chi connectivity index (χ0v) is 9.68. The topological polar surface area (TPSA) is 159 Å². The van der Waals surface area contributed by atoms with Crippen LogP contribution in [0.1, 0.15) is 19.3 Å². The number of hydrogen-bond donors (Lipinski definition) is 4. The van der Waals surface area contributed by atoms with E-state index in [9.17, 15) is 24.6 Å². The summed E-state index contributed by atoms with van der Waals surface area (Å²) in [4.78, 5) is 33.4. The summed E-state index contributed by atoms with van der Waals surface area (Å²) in [5.74, 6) is -3.06. The number of nitriles is 1. The Labute approximate surface area is 107 Å². The van der Waals surface area contributed by atoms with Crippen LogP contribution in [0.15, 0.2) is 0 Å². The summed E-state index contributed by atoms with van der Waals surface area (Å²) in [5.41, 5.74) is -1.98. The van der Waals surface area contributed by atoms with E-state index in [1.165, 1.54) is 0 Å². The third-order valence-electron chi connectivity index (χ3n) is 3.27. The average molecular weight is 272 g/mol. The minimum atomic E-state index is -2.00. The Morgan fingerprint density at radius 1 is 1.32 bits per heavy atom. The fraction of sp³-hybridized carbons (Fsp3) is 0.600. The van der Waals surface area contributed by atoms with Gasteiger partial charge in [-0.3, -0.25) is 9.69 Å². The Morgan fingerprint density at radius 3 is 2.21 bits per heavy atom. The molecule has 0 saturated carbocycles. The standard InChI is InChI=1S/C10H12N2O7/c11-3-1-2-10(8(16)17)4-5(6(13)14)12(7(10)15)9(18)19/h5,7,15H,1-2,4H2,(H,13,14)(H,16,17)(H,18,19). The van der Waals surface area contributed by atoms with Gasteiger partial charge in [0.1, 0.15) is 17.7 Å². The molecule has 0 radical (unpaired) electrons. The van der Waals surface area contributed by atoms with Crippen LogP contribution in [0.3, 0.4) is 0 Å². The third kappa shape index (κ3) is 2.30. The maximum atomic E-state index is 11.3. The molecule has 0 aliphatic carbocycles. The number of carboxylic acids is 2. The van der Waals surface area contributed by atoms with Crippen LogP contribution in [0.4, 0.5) is 4.79 Å². The van der Waals surface area contributed by atoms with Crippen LogP contribution in [-0.4, -0.2) is 55.6 Å². The van der Waals surface area contributed by atoms with Crippen LogP contribution in [0.5, 0.6) is 0 Å². The van der Waals surface area contributed by atoms with Crippen molar-refractivity contribution < 1.29 is 34.8 Å². The third-order valence-corrected chi connectivity index (χ3v) is 3.27. The number of hydrogen-bond acceptors (Lipinski definition) is 5. The van der Waals surface area contributed by atoms with Crippen molar-refractivity contribution in [1.29, 1.82) is 5.26 Å². The van der Waals surface area contributed by atoms with Gasteiger partial charge in [-0.15, -0.1) is 0 Å². The predicted octanol–water partition coefficient (Wildman–Crippen LogP) is -0.484. The molecule has 1 heterocycles. The largest absolute Gasteiger partial charge is 0.481 e. The van der Waals surface area contributed by atoms with Crippen molar-refractivity contribution in [2.45, 2.75) is 31.5 Å². The zero-order chi connectivity index (χ0) is 14.8. The zero-order valence-electron chi connectivity index (χ0n) is 9.68. The first-order valence-electron chi connectivity index (χ1n) is 5.30. The summed E-state index contributed by atoms with van der Waals surface area (Å²) in [6.07, 6.45) is -4.86. The molecule has 1 aliphatic rings. The number of aliphatic hydroxyl groups excluding tert-OH is 1. The van der Waals surface area contributed by atoms with Gasteiger partial charge in [-0.05, 0) is 12.8 Å². The number of aliphatic hydroxyl groups is 1. The lowest BCUT2D eigenvalue weighted by atomic mass is 9.79. The molecule has 104 valence electrons. The molecule has 0 bridgehead atoms. The summed E-state index contributed by atoms with van der Waals surface area (Å²) in [6.45, 7) is 0. The molecular formula is C10H12N2O7. The second kappa shape index (κ2) is 5.11. The van der Waals surface area contributed by atoms with Gasteiger partial charge < -0.3 is 20.4 Å². The van der Waals surface area contributed by atoms with Crippen LogP contribution in [0.25, 0.3) is 0 Å². The van der Waals surface area contributed by atoms with Gasteiger partial charge in [0.25, 0.3) is 0 Å². The van der Waals surface area contributed by atoms with Crippen molar-refractivity contribution in [3.8, 4) is 6.07 Å². The molecule has 1 amide bonds. The van der Waals surface area contributed by atoms with Gasteiger partial charge in [0.05, 0.1) is 6.07 Å². The Balaban J connectivity index is 3.21. The highest BCUT2D eigenvalue weighted by Crippen LogP contribution is 2.43. The Kier molecular flexibility index (Phi) is 3.96. The number of rotatable bonds is 4. The molecule has 0 aromatic rings. The van der Waals surface area contributed by atoms with E-state index in [-0.39, 0.29) is 17.7 Å². The molecule has 0 aromatic carbocycles. The summed E-state index contributed by atoms with van der Waals surface area (Å²) in [6, 6.07) is 0.0444. The van der Waals surface area contributed by atoms with E-state index in [0.717, 1.165) is 0 Å². The molecule has 1 aliphatic heterocycles. The number of nitrogens with zero attached hydrogens (tertiary/aromatic N) is 2. The molecule has 1 saturated heterocycles. The molecular weight excluding hydrogens is 260 g/mol. The molecule has 0 aromatic heterocycles. The fourth-order valence-electron chi connectivity index (χ4n) is 2.24. The lowest BCUT2D eigenvalue weighted by Crippen LogP contribution is -2.48. The van der Waals surface area contributed by atoms with E-state index in [1.807, 2.05) is 0 Å². The second-order valence-electron chi connectivity index (χ2n) is 4.24. The van der Waals surface area contributed by atoms with Crippen molar-refractivity contribution in [3.63, 3.8) is 0 Å². The van der Waals surface area contributed by atoms with Crippen molar-refractivity contribution in [2.24, 2.45) is 5.41 Å². The first kappa shape index (κ1) is 14.7. The van der Waals surface area contributed by atoms with Gasteiger partial charge in [-0.2, -0.15) is 5.26 Å². The van der Waals surface area contributed by atoms with Gasteiger partial charge in [0, 0.05) is 6.42 Å². The fourth-order valence-corrected chi connectivity index (χ4v) is 2.24. The summed E-state index contributed by atoms with van der Waals surface area (Å²) in [7, 11) is 0. The predicted molar refractivity (Wildman–Crippen MR) is 56.8 cm³/mol. The van der Waals surface area contributed by atoms with E-state index >= 15 is 0 Å². The number of carbonyl (C=O) groups is 3. The first-order valence-corrected chi connectivity index (χ1v) is 5.30. The van der Waals surface area contributed by atoms with E-state index in [0.29, 0.717) is 0 Å². The minimum absolute atomic E-state index is 0.202. The SMILES string of the molecule is N#CCCC1(C(=O)O)CC(C(=O)O)N(C(=O)O)C1O. The van der Waals surface area contributed by atoms with E-state index in [2.05, 4.69) is 0 Å². The lowest BCUT2D eigenvalue weighted by molar-refractivity contribution is -0.159. The Hall–Kier alpha value is -2.34. The van der Waals surface area contributed by atoms with Gasteiger partial charge in [-0.1, -0.05) is 0 Å². The molecule has 4 N–H and O–H groups in total.